The first-order valence-electron chi connectivity index (χ1n) is 7.98. The molecule has 1 aromatic carbocycles. The minimum atomic E-state index is 0.346. The van der Waals surface area contributed by atoms with Gasteiger partial charge in [0.2, 0.25) is 0 Å². The molecule has 118 valence electrons. The Labute approximate surface area is 136 Å². The number of nitrogens with zero attached hydrogens (tertiary/aromatic N) is 4. The Morgan fingerprint density at radius 3 is 2.61 bits per heavy atom. The Hall–Kier alpha value is -2.53. The highest BCUT2D eigenvalue weighted by Crippen LogP contribution is 2.24. The van der Waals surface area contributed by atoms with Gasteiger partial charge in [-0.1, -0.05) is 30.7 Å². The van der Waals surface area contributed by atoms with Gasteiger partial charge in [0.05, 0.1) is 5.69 Å². The Morgan fingerprint density at radius 1 is 1.13 bits per heavy atom. The van der Waals surface area contributed by atoms with Crippen molar-refractivity contribution in [1.29, 1.82) is 0 Å². The highest BCUT2D eigenvalue weighted by atomic mass is 15.4. The SMILES string of the molecule is CCCCc1ccc(-n2nnc(CN)c2-c2cccnc2)cc1. The third-order valence-corrected chi connectivity index (χ3v) is 3.87. The predicted molar refractivity (Wildman–Crippen MR) is 91.1 cm³/mol. The highest BCUT2D eigenvalue weighted by Gasteiger charge is 2.15. The van der Waals surface area contributed by atoms with Crippen LogP contribution in [0.25, 0.3) is 16.9 Å². The van der Waals surface area contributed by atoms with Gasteiger partial charge in [-0.05, 0) is 42.7 Å². The second-order valence-electron chi connectivity index (χ2n) is 5.51. The molecule has 2 heterocycles. The van der Waals surface area contributed by atoms with E-state index >= 15 is 0 Å². The van der Waals surface area contributed by atoms with Crippen LogP contribution in [0.3, 0.4) is 0 Å². The minimum absolute atomic E-state index is 0.346. The fraction of sp³-hybridized carbons (Fsp3) is 0.278. The zero-order chi connectivity index (χ0) is 16.1. The van der Waals surface area contributed by atoms with Crippen molar-refractivity contribution in [3.05, 3.63) is 60.0 Å². The van der Waals surface area contributed by atoms with Gasteiger partial charge in [0.15, 0.2) is 0 Å². The molecular weight excluding hydrogens is 286 g/mol. The fourth-order valence-corrected chi connectivity index (χ4v) is 2.61. The lowest BCUT2D eigenvalue weighted by molar-refractivity contribution is 0.787. The average molecular weight is 307 g/mol. The molecule has 0 aliphatic carbocycles. The van der Waals surface area contributed by atoms with Crippen LogP contribution >= 0.6 is 0 Å². The van der Waals surface area contributed by atoms with Gasteiger partial charge in [0.1, 0.15) is 11.4 Å². The lowest BCUT2D eigenvalue weighted by atomic mass is 10.1. The first-order chi connectivity index (χ1) is 11.3. The fourth-order valence-electron chi connectivity index (χ4n) is 2.61. The summed E-state index contributed by atoms with van der Waals surface area (Å²) in [5, 5.41) is 8.50. The molecule has 0 amide bonds. The number of benzene rings is 1. The summed E-state index contributed by atoms with van der Waals surface area (Å²) in [6.45, 7) is 2.55. The largest absolute Gasteiger partial charge is 0.325 e. The van der Waals surface area contributed by atoms with Gasteiger partial charge in [-0.15, -0.1) is 5.10 Å². The van der Waals surface area contributed by atoms with Crippen LogP contribution in [0.5, 0.6) is 0 Å². The van der Waals surface area contributed by atoms with E-state index in [-0.39, 0.29) is 0 Å². The van der Waals surface area contributed by atoms with Gasteiger partial charge in [-0.2, -0.15) is 0 Å². The summed E-state index contributed by atoms with van der Waals surface area (Å²) >= 11 is 0. The number of rotatable bonds is 6. The number of unbranched alkanes of at least 4 members (excludes halogenated alkanes) is 1. The summed E-state index contributed by atoms with van der Waals surface area (Å²) in [5.74, 6) is 0. The van der Waals surface area contributed by atoms with Crippen molar-refractivity contribution in [2.75, 3.05) is 0 Å². The Bertz CT molecular complexity index is 747. The van der Waals surface area contributed by atoms with E-state index in [1.807, 2.05) is 23.0 Å². The zero-order valence-corrected chi connectivity index (χ0v) is 13.3. The van der Waals surface area contributed by atoms with Crippen LogP contribution in [0.4, 0.5) is 0 Å². The summed E-state index contributed by atoms with van der Waals surface area (Å²) in [7, 11) is 0. The van der Waals surface area contributed by atoms with E-state index in [4.69, 9.17) is 5.73 Å². The molecule has 0 fully saturated rings. The maximum atomic E-state index is 5.82. The second kappa shape index (κ2) is 7.15. The van der Waals surface area contributed by atoms with E-state index in [0.717, 1.165) is 29.1 Å². The molecule has 0 unspecified atom stereocenters. The number of aryl methyl sites for hydroxylation is 1. The third-order valence-electron chi connectivity index (χ3n) is 3.87. The van der Waals surface area contributed by atoms with Crippen LogP contribution in [-0.2, 0) is 13.0 Å². The molecule has 2 N–H and O–H groups in total. The molecule has 5 nitrogen and oxygen atoms in total. The number of aromatic nitrogens is 4. The number of pyridine rings is 1. The molecule has 3 aromatic rings. The molecule has 0 aliphatic heterocycles. The maximum absolute atomic E-state index is 5.82. The van der Waals surface area contributed by atoms with Crippen LogP contribution in [0.1, 0.15) is 31.0 Å². The van der Waals surface area contributed by atoms with Gasteiger partial charge < -0.3 is 5.73 Å². The standard InChI is InChI=1S/C18H21N5/c1-2-3-5-14-7-9-16(10-8-14)23-18(17(12-19)21-22-23)15-6-4-11-20-13-15/h4,6-11,13H,2-3,5,12,19H2,1H3. The van der Waals surface area contributed by atoms with E-state index in [0.29, 0.717) is 6.54 Å². The van der Waals surface area contributed by atoms with E-state index in [9.17, 15) is 0 Å². The van der Waals surface area contributed by atoms with Crippen molar-refractivity contribution in [2.24, 2.45) is 5.73 Å². The number of nitrogens with two attached hydrogens (primary N) is 1. The van der Waals surface area contributed by atoms with E-state index in [1.54, 1.807) is 6.20 Å². The highest BCUT2D eigenvalue weighted by molar-refractivity contribution is 5.63. The smallest absolute Gasteiger partial charge is 0.105 e. The topological polar surface area (TPSA) is 69.6 Å². The molecule has 0 radical (unpaired) electrons. The molecule has 0 spiro atoms. The quantitative estimate of drug-likeness (QED) is 0.759. The van der Waals surface area contributed by atoms with Gasteiger partial charge in [0.25, 0.3) is 0 Å². The zero-order valence-electron chi connectivity index (χ0n) is 13.3. The van der Waals surface area contributed by atoms with Gasteiger partial charge in [-0.25, -0.2) is 4.68 Å². The predicted octanol–water partition coefficient (Wildman–Crippen LogP) is 3.13. The van der Waals surface area contributed by atoms with Crippen LogP contribution in [-0.4, -0.2) is 20.0 Å². The molecule has 2 aromatic heterocycles. The Morgan fingerprint density at radius 2 is 1.96 bits per heavy atom. The van der Waals surface area contributed by atoms with Crippen molar-refractivity contribution < 1.29 is 0 Å². The summed E-state index contributed by atoms with van der Waals surface area (Å²) in [6, 6.07) is 12.4. The number of hydrogen-bond acceptors (Lipinski definition) is 4. The molecule has 0 aliphatic rings. The van der Waals surface area contributed by atoms with Crippen molar-refractivity contribution in [3.63, 3.8) is 0 Å². The Kier molecular flexibility index (Phi) is 4.78. The molecule has 0 bridgehead atoms. The lowest BCUT2D eigenvalue weighted by Gasteiger charge is -2.08. The summed E-state index contributed by atoms with van der Waals surface area (Å²) in [5.41, 5.74) is 10.8. The molecule has 5 heteroatoms. The summed E-state index contributed by atoms with van der Waals surface area (Å²) in [6.07, 6.45) is 7.08. The molecule has 3 rings (SSSR count). The second-order valence-corrected chi connectivity index (χ2v) is 5.51. The summed E-state index contributed by atoms with van der Waals surface area (Å²) in [4.78, 5) is 4.19. The molecule has 0 saturated heterocycles. The average Bonchev–Trinajstić information content (AvgIpc) is 3.05. The maximum Gasteiger partial charge on any atom is 0.105 e. The van der Waals surface area contributed by atoms with Crippen LogP contribution in [0.15, 0.2) is 48.8 Å². The van der Waals surface area contributed by atoms with Crippen molar-refractivity contribution in [2.45, 2.75) is 32.7 Å². The molecule has 0 saturated carbocycles. The number of hydrogen-bond donors (Lipinski definition) is 1. The minimum Gasteiger partial charge on any atom is -0.325 e. The van der Waals surface area contributed by atoms with Crippen molar-refractivity contribution in [1.82, 2.24) is 20.0 Å². The molecule has 23 heavy (non-hydrogen) atoms. The lowest BCUT2D eigenvalue weighted by Crippen LogP contribution is -2.03. The van der Waals surface area contributed by atoms with E-state index in [1.165, 1.54) is 18.4 Å². The van der Waals surface area contributed by atoms with E-state index in [2.05, 4.69) is 46.5 Å². The first kappa shape index (κ1) is 15.4. The van der Waals surface area contributed by atoms with Gasteiger partial charge >= 0.3 is 0 Å². The first-order valence-corrected chi connectivity index (χ1v) is 7.98. The van der Waals surface area contributed by atoms with Gasteiger partial charge in [0, 0.05) is 24.5 Å². The monoisotopic (exact) mass is 307 g/mol. The molecular formula is C18H21N5. The third kappa shape index (κ3) is 3.29. The Balaban J connectivity index is 1.98. The summed E-state index contributed by atoms with van der Waals surface area (Å²) < 4.78 is 1.84. The normalized spacial score (nSPS) is 10.9. The van der Waals surface area contributed by atoms with Crippen LogP contribution < -0.4 is 5.73 Å². The van der Waals surface area contributed by atoms with Gasteiger partial charge in [-0.3, -0.25) is 4.98 Å². The van der Waals surface area contributed by atoms with Crippen molar-refractivity contribution in [3.8, 4) is 16.9 Å². The van der Waals surface area contributed by atoms with Crippen molar-refractivity contribution >= 4 is 0 Å². The van der Waals surface area contributed by atoms with Crippen LogP contribution in [0.2, 0.25) is 0 Å². The van der Waals surface area contributed by atoms with Crippen LogP contribution in [0, 0.1) is 0 Å². The molecule has 0 atom stereocenters. The van der Waals surface area contributed by atoms with E-state index < -0.39 is 0 Å².